The number of piperidine rings is 1. The summed E-state index contributed by atoms with van der Waals surface area (Å²) in [6.07, 6.45) is 2.60. The van der Waals surface area contributed by atoms with Gasteiger partial charge in [0, 0.05) is 75.3 Å². The number of carbonyl (C=O) groups excluding carboxylic acids is 2. The molecule has 0 unspecified atom stereocenters. The number of ether oxygens (including phenoxy) is 1. The number of aliphatic imine (C=N–C) groups is 1. The first-order valence-electron chi connectivity index (χ1n) is 12.9. The van der Waals surface area contributed by atoms with Gasteiger partial charge >= 0.3 is 6.03 Å². The lowest BCUT2D eigenvalue weighted by Gasteiger charge is -2.32. The number of aromatic nitrogens is 1. The second-order valence-corrected chi connectivity index (χ2v) is 10.1. The Morgan fingerprint density at radius 3 is 2.50 bits per heavy atom. The van der Waals surface area contributed by atoms with Crippen molar-refractivity contribution in [3.63, 3.8) is 0 Å². The van der Waals surface area contributed by atoms with E-state index in [1.54, 1.807) is 26.2 Å². The summed E-state index contributed by atoms with van der Waals surface area (Å²) in [5.74, 6) is 0.937. The van der Waals surface area contributed by atoms with Crippen molar-refractivity contribution in [1.82, 2.24) is 15.2 Å². The van der Waals surface area contributed by atoms with Gasteiger partial charge in [0.25, 0.3) is 5.91 Å². The first-order chi connectivity index (χ1) is 18.2. The molecule has 38 heavy (non-hydrogen) atoms. The van der Waals surface area contributed by atoms with Crippen LogP contribution in [0.1, 0.15) is 37.3 Å². The first-order valence-corrected chi connectivity index (χ1v) is 12.9. The van der Waals surface area contributed by atoms with Crippen LogP contribution in [0.15, 0.2) is 58.9 Å². The highest BCUT2D eigenvalue weighted by Crippen LogP contribution is 2.26. The van der Waals surface area contributed by atoms with Crippen LogP contribution in [0.3, 0.4) is 0 Å². The molecular weight excluding hydrogens is 482 g/mol. The number of nitrogens with two attached hydrogens (primary N) is 1. The second kappa shape index (κ2) is 12.1. The summed E-state index contributed by atoms with van der Waals surface area (Å²) in [5, 5.41) is 5.71. The molecule has 3 heterocycles. The van der Waals surface area contributed by atoms with Crippen molar-refractivity contribution in [3.05, 3.63) is 65.0 Å². The number of amides is 3. The van der Waals surface area contributed by atoms with Crippen LogP contribution in [0.25, 0.3) is 0 Å². The van der Waals surface area contributed by atoms with Gasteiger partial charge in [0.1, 0.15) is 11.5 Å². The highest BCUT2D eigenvalue weighted by atomic mass is 16.5. The number of nitrogens with one attached hydrogen (secondary N) is 2. The van der Waals surface area contributed by atoms with Crippen LogP contribution in [0.5, 0.6) is 0 Å². The molecule has 1 aromatic carbocycles. The summed E-state index contributed by atoms with van der Waals surface area (Å²) >= 11 is 0. The van der Waals surface area contributed by atoms with E-state index in [9.17, 15) is 9.59 Å². The Morgan fingerprint density at radius 2 is 1.92 bits per heavy atom. The van der Waals surface area contributed by atoms with E-state index >= 15 is 0 Å². The number of hydrogen-bond donors (Lipinski definition) is 3. The van der Waals surface area contributed by atoms with Crippen molar-refractivity contribution >= 4 is 29.2 Å². The van der Waals surface area contributed by atoms with Crippen LogP contribution in [0.2, 0.25) is 0 Å². The number of hydrogen-bond acceptors (Lipinski definition) is 7. The molecule has 202 valence electrons. The van der Waals surface area contributed by atoms with Crippen molar-refractivity contribution < 1.29 is 14.3 Å². The minimum absolute atomic E-state index is 0.0935. The lowest BCUT2D eigenvalue weighted by Crippen LogP contribution is -2.40. The van der Waals surface area contributed by atoms with Gasteiger partial charge in [0.2, 0.25) is 0 Å². The third-order valence-corrected chi connectivity index (χ3v) is 6.57. The largest absolute Gasteiger partial charge is 0.394 e. The Morgan fingerprint density at radius 1 is 1.18 bits per heavy atom. The standard InChI is InChI=1S/C28H37N7O3/c1-18(2)32-24-11-12-35(25-10-7-20(14-30-25)21-16-38-17-21)15-23(24)26(29)27(36)31-13-19-5-8-22(9-6-19)33-28(37)34(3)4/h5-10,14,18,21H,11-13,15-17,29H2,1-4H3,(H,31,36)(H,33,37). The van der Waals surface area contributed by atoms with Gasteiger partial charge in [-0.15, -0.1) is 0 Å². The van der Waals surface area contributed by atoms with Crippen LogP contribution in [0.4, 0.5) is 16.3 Å². The lowest BCUT2D eigenvalue weighted by molar-refractivity contribution is -0.117. The van der Waals surface area contributed by atoms with Gasteiger partial charge in [-0.2, -0.15) is 0 Å². The first kappa shape index (κ1) is 27.1. The smallest absolute Gasteiger partial charge is 0.321 e. The molecule has 2 aliphatic rings. The molecule has 10 heteroatoms. The Bertz CT molecular complexity index is 1200. The molecule has 0 spiro atoms. The SMILES string of the molecule is CC(C)N=C1CCN(c2ccc(C3COC3)cn2)CC1=C(N)C(=O)NCc1ccc(NC(=O)N(C)C)cc1. The van der Waals surface area contributed by atoms with Gasteiger partial charge in [0.15, 0.2) is 0 Å². The van der Waals surface area contributed by atoms with Crippen molar-refractivity contribution in [2.24, 2.45) is 10.7 Å². The summed E-state index contributed by atoms with van der Waals surface area (Å²) in [7, 11) is 3.36. The topological polar surface area (TPSA) is 125 Å². The number of urea groups is 1. The molecule has 2 aromatic rings. The van der Waals surface area contributed by atoms with E-state index in [4.69, 9.17) is 15.5 Å². The Balaban J connectivity index is 1.44. The van der Waals surface area contributed by atoms with E-state index in [0.29, 0.717) is 31.1 Å². The zero-order chi connectivity index (χ0) is 27.2. The number of nitrogens with zero attached hydrogens (tertiary/aromatic N) is 4. The average molecular weight is 520 g/mol. The molecule has 3 amide bonds. The molecule has 2 aliphatic heterocycles. The Hall–Kier alpha value is -3.92. The van der Waals surface area contributed by atoms with Gasteiger partial charge in [-0.05, 0) is 43.2 Å². The third kappa shape index (κ3) is 6.69. The van der Waals surface area contributed by atoms with Gasteiger partial charge in [-0.25, -0.2) is 9.78 Å². The van der Waals surface area contributed by atoms with Crippen LogP contribution in [0, 0.1) is 0 Å². The second-order valence-electron chi connectivity index (χ2n) is 10.1. The Kier molecular flexibility index (Phi) is 8.62. The zero-order valence-electron chi connectivity index (χ0n) is 22.5. The van der Waals surface area contributed by atoms with Crippen LogP contribution in [-0.4, -0.2) is 74.0 Å². The number of benzene rings is 1. The van der Waals surface area contributed by atoms with E-state index in [0.717, 1.165) is 42.4 Å². The predicted molar refractivity (Wildman–Crippen MR) is 149 cm³/mol. The van der Waals surface area contributed by atoms with E-state index in [1.165, 1.54) is 10.5 Å². The lowest BCUT2D eigenvalue weighted by atomic mass is 9.98. The fourth-order valence-corrected chi connectivity index (χ4v) is 4.25. The fourth-order valence-electron chi connectivity index (χ4n) is 4.25. The third-order valence-electron chi connectivity index (χ3n) is 6.57. The van der Waals surface area contributed by atoms with Gasteiger partial charge in [-0.1, -0.05) is 18.2 Å². The number of anilines is 2. The number of rotatable bonds is 7. The average Bonchev–Trinajstić information content (AvgIpc) is 2.87. The van der Waals surface area contributed by atoms with Crippen molar-refractivity contribution in [1.29, 1.82) is 0 Å². The van der Waals surface area contributed by atoms with Crippen molar-refractivity contribution in [2.75, 3.05) is 50.6 Å². The zero-order valence-corrected chi connectivity index (χ0v) is 22.5. The molecule has 2 fully saturated rings. The van der Waals surface area contributed by atoms with Gasteiger partial charge in [-0.3, -0.25) is 9.79 Å². The highest BCUT2D eigenvalue weighted by molar-refractivity contribution is 6.09. The molecular formula is C28H37N7O3. The van der Waals surface area contributed by atoms with Crippen LogP contribution < -0.4 is 21.3 Å². The van der Waals surface area contributed by atoms with E-state index in [2.05, 4.69) is 26.6 Å². The van der Waals surface area contributed by atoms with Crippen LogP contribution in [-0.2, 0) is 16.1 Å². The predicted octanol–water partition coefficient (Wildman–Crippen LogP) is 2.88. The Labute approximate surface area is 224 Å². The van der Waals surface area contributed by atoms with Crippen molar-refractivity contribution in [2.45, 2.75) is 38.8 Å². The maximum Gasteiger partial charge on any atom is 0.321 e. The summed E-state index contributed by atoms with van der Waals surface area (Å²) in [6.45, 7) is 7.04. The molecule has 0 aliphatic carbocycles. The molecule has 1 aromatic heterocycles. The fraction of sp³-hybridized carbons (Fsp3) is 0.429. The monoisotopic (exact) mass is 519 g/mol. The minimum atomic E-state index is -0.336. The molecule has 0 saturated carbocycles. The highest BCUT2D eigenvalue weighted by Gasteiger charge is 2.27. The van der Waals surface area contributed by atoms with Crippen molar-refractivity contribution in [3.8, 4) is 0 Å². The quantitative estimate of drug-likeness (QED) is 0.483. The summed E-state index contributed by atoms with van der Waals surface area (Å²) in [4.78, 5) is 37.9. The van der Waals surface area contributed by atoms with E-state index in [1.807, 2.05) is 38.2 Å². The molecule has 2 saturated heterocycles. The number of carbonyl (C=O) groups is 2. The summed E-state index contributed by atoms with van der Waals surface area (Å²) in [5.41, 5.74) is 11.0. The maximum atomic E-state index is 13.1. The molecule has 4 N–H and O–H groups in total. The van der Waals surface area contributed by atoms with E-state index < -0.39 is 0 Å². The molecule has 4 rings (SSSR count). The summed E-state index contributed by atoms with van der Waals surface area (Å²) in [6, 6.07) is 11.3. The normalized spacial score (nSPS) is 18.2. The van der Waals surface area contributed by atoms with Gasteiger partial charge < -0.3 is 30.9 Å². The summed E-state index contributed by atoms with van der Waals surface area (Å²) < 4.78 is 5.29. The van der Waals surface area contributed by atoms with E-state index in [-0.39, 0.29) is 23.7 Å². The molecule has 0 radical (unpaired) electrons. The molecule has 10 nitrogen and oxygen atoms in total. The maximum absolute atomic E-state index is 13.1. The molecule has 0 atom stereocenters. The number of pyridine rings is 1. The minimum Gasteiger partial charge on any atom is -0.394 e. The van der Waals surface area contributed by atoms with Crippen LogP contribution >= 0.6 is 0 Å². The van der Waals surface area contributed by atoms with Gasteiger partial charge in [0.05, 0.1) is 13.2 Å². The molecule has 0 bridgehead atoms.